The number of carbonyl (C=O) groups is 2. The Morgan fingerprint density at radius 1 is 1.06 bits per heavy atom. The number of para-hydroxylation sites is 1. The molecule has 8 heteroatoms. The number of rotatable bonds is 7. The van der Waals surface area contributed by atoms with Crippen molar-refractivity contribution < 1.29 is 9.59 Å². The minimum Gasteiger partial charge on any atom is -0.328 e. The Labute approximate surface area is 205 Å². The quantitative estimate of drug-likeness (QED) is 0.488. The topological polar surface area (TPSA) is 80.1 Å². The molecule has 0 aliphatic carbocycles. The van der Waals surface area contributed by atoms with Crippen LogP contribution in [0.5, 0.6) is 0 Å². The third-order valence-corrected chi connectivity index (χ3v) is 7.22. The lowest BCUT2D eigenvalue weighted by molar-refractivity contribution is -0.113. The number of nitrogens with one attached hydrogen (secondary N) is 1. The minimum atomic E-state index is -0.112. The van der Waals surface area contributed by atoms with Crippen LogP contribution in [0.25, 0.3) is 0 Å². The van der Waals surface area contributed by atoms with Gasteiger partial charge in [0.15, 0.2) is 11.0 Å². The van der Waals surface area contributed by atoms with Crippen LogP contribution in [0.2, 0.25) is 0 Å². The van der Waals surface area contributed by atoms with Gasteiger partial charge in [-0.3, -0.25) is 9.59 Å². The number of amides is 2. The Hall–Kier alpha value is -3.13. The normalized spacial score (nSPS) is 15.5. The maximum Gasteiger partial charge on any atom is 0.254 e. The highest BCUT2D eigenvalue weighted by molar-refractivity contribution is 7.99. The molecule has 2 amide bonds. The van der Waals surface area contributed by atoms with Crippen LogP contribution in [-0.4, -0.2) is 43.8 Å². The zero-order valence-electron chi connectivity index (χ0n) is 20.2. The van der Waals surface area contributed by atoms with Crippen LogP contribution >= 0.6 is 11.8 Å². The lowest BCUT2D eigenvalue weighted by Crippen LogP contribution is -2.32. The molecule has 0 spiro atoms. The predicted molar refractivity (Wildman–Crippen MR) is 135 cm³/mol. The third kappa shape index (κ3) is 5.01. The molecule has 4 rings (SSSR count). The number of aryl methyl sites for hydroxylation is 3. The van der Waals surface area contributed by atoms with E-state index in [9.17, 15) is 9.59 Å². The first-order chi connectivity index (χ1) is 16.4. The summed E-state index contributed by atoms with van der Waals surface area (Å²) in [6.07, 6.45) is 1.78. The van der Waals surface area contributed by atoms with Crippen LogP contribution in [0.1, 0.15) is 58.7 Å². The standard InChI is InChI=1S/C26H31N5O2S/c1-5-30-24(21-10-7-15-31(21)25(33)20-13-11-17(2)12-14-20)28-29-26(30)34-16-22(32)27-23-18(3)8-6-9-19(23)4/h6,8-9,11-14,21H,5,7,10,15-16H2,1-4H3,(H,27,32). The molecule has 1 unspecified atom stereocenters. The lowest BCUT2D eigenvalue weighted by Gasteiger charge is -2.24. The summed E-state index contributed by atoms with van der Waals surface area (Å²) in [5.74, 6) is 0.975. The smallest absolute Gasteiger partial charge is 0.254 e. The van der Waals surface area contributed by atoms with Crippen LogP contribution < -0.4 is 5.32 Å². The van der Waals surface area contributed by atoms with E-state index in [0.717, 1.165) is 41.0 Å². The van der Waals surface area contributed by atoms with Gasteiger partial charge < -0.3 is 14.8 Å². The monoisotopic (exact) mass is 477 g/mol. The van der Waals surface area contributed by atoms with Crippen molar-refractivity contribution in [3.8, 4) is 0 Å². The van der Waals surface area contributed by atoms with Crippen LogP contribution in [0, 0.1) is 20.8 Å². The predicted octanol–water partition coefficient (Wildman–Crippen LogP) is 4.93. The number of hydrogen-bond acceptors (Lipinski definition) is 5. The fraction of sp³-hybridized carbons (Fsp3) is 0.385. The highest BCUT2D eigenvalue weighted by Crippen LogP contribution is 2.34. The fourth-order valence-corrected chi connectivity index (χ4v) is 5.22. The molecule has 34 heavy (non-hydrogen) atoms. The van der Waals surface area contributed by atoms with Gasteiger partial charge in [0.05, 0.1) is 11.8 Å². The van der Waals surface area contributed by atoms with Gasteiger partial charge in [0, 0.05) is 24.3 Å². The largest absolute Gasteiger partial charge is 0.328 e. The van der Waals surface area contributed by atoms with Crippen LogP contribution in [-0.2, 0) is 11.3 Å². The summed E-state index contributed by atoms with van der Waals surface area (Å²) in [5.41, 5.74) is 4.76. The molecule has 1 saturated heterocycles. The molecule has 3 aromatic rings. The molecule has 0 saturated carbocycles. The summed E-state index contributed by atoms with van der Waals surface area (Å²) in [6, 6.07) is 13.5. The van der Waals surface area contributed by atoms with Crippen molar-refractivity contribution >= 4 is 29.3 Å². The fourth-order valence-electron chi connectivity index (χ4n) is 4.41. The highest BCUT2D eigenvalue weighted by atomic mass is 32.2. The Morgan fingerprint density at radius 2 is 1.76 bits per heavy atom. The average Bonchev–Trinajstić information content (AvgIpc) is 3.46. The van der Waals surface area contributed by atoms with Gasteiger partial charge in [0.2, 0.25) is 5.91 Å². The first-order valence-corrected chi connectivity index (χ1v) is 12.7. The lowest BCUT2D eigenvalue weighted by atomic mass is 10.1. The number of carbonyl (C=O) groups excluding carboxylic acids is 2. The molecule has 7 nitrogen and oxygen atoms in total. The van der Waals surface area contributed by atoms with E-state index in [2.05, 4.69) is 15.5 Å². The molecule has 1 atom stereocenters. The van der Waals surface area contributed by atoms with E-state index in [0.29, 0.717) is 23.8 Å². The Morgan fingerprint density at radius 3 is 2.44 bits per heavy atom. The van der Waals surface area contributed by atoms with E-state index in [-0.39, 0.29) is 23.6 Å². The van der Waals surface area contributed by atoms with Crippen LogP contribution in [0.4, 0.5) is 5.69 Å². The maximum atomic E-state index is 13.2. The zero-order chi connectivity index (χ0) is 24.2. The summed E-state index contributed by atoms with van der Waals surface area (Å²) in [6.45, 7) is 9.40. The minimum absolute atomic E-state index is 0.0235. The molecule has 0 bridgehead atoms. The molecule has 178 valence electrons. The van der Waals surface area contributed by atoms with E-state index in [4.69, 9.17) is 0 Å². The highest BCUT2D eigenvalue weighted by Gasteiger charge is 2.34. The summed E-state index contributed by atoms with van der Waals surface area (Å²) >= 11 is 1.37. The van der Waals surface area contributed by atoms with Gasteiger partial charge in [0.1, 0.15) is 0 Å². The molecular weight excluding hydrogens is 446 g/mol. The van der Waals surface area contributed by atoms with Crippen LogP contribution in [0.3, 0.4) is 0 Å². The first-order valence-electron chi connectivity index (χ1n) is 11.7. The van der Waals surface area contributed by atoms with Crippen molar-refractivity contribution in [1.82, 2.24) is 19.7 Å². The third-order valence-electron chi connectivity index (χ3n) is 6.25. The van der Waals surface area contributed by atoms with Gasteiger partial charge in [-0.2, -0.15) is 0 Å². The SMILES string of the molecule is CCn1c(SCC(=O)Nc2c(C)cccc2C)nnc1C1CCCN1C(=O)c1ccc(C)cc1. The van der Waals surface area contributed by atoms with Crippen molar-refractivity contribution in [3.05, 3.63) is 70.5 Å². The van der Waals surface area contributed by atoms with Crippen molar-refractivity contribution in [2.24, 2.45) is 0 Å². The summed E-state index contributed by atoms with van der Waals surface area (Å²) in [7, 11) is 0. The summed E-state index contributed by atoms with van der Waals surface area (Å²) < 4.78 is 2.03. The second kappa shape index (κ2) is 10.4. The molecular formula is C26H31N5O2S. The number of likely N-dealkylation sites (tertiary alicyclic amines) is 1. The number of aromatic nitrogens is 3. The summed E-state index contributed by atoms with van der Waals surface area (Å²) in [4.78, 5) is 27.7. The van der Waals surface area contributed by atoms with E-state index in [1.54, 1.807) is 0 Å². The Bertz CT molecular complexity index is 1170. The molecule has 1 aliphatic rings. The van der Waals surface area contributed by atoms with Crippen molar-refractivity contribution in [3.63, 3.8) is 0 Å². The van der Waals surface area contributed by atoms with Gasteiger partial charge in [-0.1, -0.05) is 47.7 Å². The van der Waals surface area contributed by atoms with Crippen molar-refractivity contribution in [2.45, 2.75) is 58.3 Å². The number of nitrogens with zero attached hydrogens (tertiary/aromatic N) is 4. The maximum absolute atomic E-state index is 13.2. The van der Waals surface area contributed by atoms with Crippen LogP contribution in [0.15, 0.2) is 47.6 Å². The molecule has 0 radical (unpaired) electrons. The average molecular weight is 478 g/mol. The number of hydrogen-bond donors (Lipinski definition) is 1. The van der Waals surface area contributed by atoms with E-state index >= 15 is 0 Å². The van der Waals surface area contributed by atoms with Gasteiger partial charge in [-0.05, 0) is 63.8 Å². The first kappa shape index (κ1) is 24.0. The molecule has 1 fully saturated rings. The number of anilines is 1. The summed E-state index contributed by atoms with van der Waals surface area (Å²) in [5, 5.41) is 12.6. The molecule has 1 N–H and O–H groups in total. The second-order valence-corrected chi connectivity index (χ2v) is 9.65. The van der Waals surface area contributed by atoms with Gasteiger partial charge in [-0.25, -0.2) is 0 Å². The molecule has 2 heterocycles. The van der Waals surface area contributed by atoms with E-state index < -0.39 is 0 Å². The molecule has 2 aromatic carbocycles. The van der Waals surface area contributed by atoms with E-state index in [1.165, 1.54) is 11.8 Å². The number of thioether (sulfide) groups is 1. The van der Waals surface area contributed by atoms with Gasteiger partial charge in [-0.15, -0.1) is 10.2 Å². The molecule has 1 aliphatic heterocycles. The zero-order valence-corrected chi connectivity index (χ0v) is 21.0. The Kier molecular flexibility index (Phi) is 7.36. The van der Waals surface area contributed by atoms with Gasteiger partial charge >= 0.3 is 0 Å². The molecule has 1 aromatic heterocycles. The van der Waals surface area contributed by atoms with E-state index in [1.807, 2.05) is 79.6 Å². The second-order valence-electron chi connectivity index (χ2n) is 8.71. The van der Waals surface area contributed by atoms with Crippen molar-refractivity contribution in [2.75, 3.05) is 17.6 Å². The van der Waals surface area contributed by atoms with Gasteiger partial charge in [0.25, 0.3) is 5.91 Å². The number of benzene rings is 2. The Balaban J connectivity index is 1.47. The van der Waals surface area contributed by atoms with Crippen molar-refractivity contribution in [1.29, 1.82) is 0 Å².